The molecule has 0 aromatic heterocycles. The van der Waals surface area contributed by atoms with E-state index in [1.165, 1.54) is 19.1 Å². The number of amides is 8. The second kappa shape index (κ2) is 16.2. The first kappa shape index (κ1) is 49.0. The molecule has 0 spiro atoms. The van der Waals surface area contributed by atoms with Gasteiger partial charge in [-0.15, -0.1) is 0 Å². The van der Waals surface area contributed by atoms with Crippen LogP contribution in [-0.2, 0) is 10.8 Å². The molecule has 10 rings (SSSR count). The van der Waals surface area contributed by atoms with E-state index in [1.54, 1.807) is 0 Å². The second-order valence-corrected chi connectivity index (χ2v) is 18.3. The minimum Gasteiger partial charge on any atom is -0.478 e. The van der Waals surface area contributed by atoms with Gasteiger partial charge in [0.25, 0.3) is 47.3 Å². The van der Waals surface area contributed by atoms with Gasteiger partial charge in [-0.2, -0.15) is 26.3 Å². The summed E-state index contributed by atoms with van der Waals surface area (Å²) < 4.78 is 92.2. The van der Waals surface area contributed by atoms with Crippen molar-refractivity contribution >= 4 is 76.3 Å². The molecule has 4 aliphatic heterocycles. The third kappa shape index (κ3) is 7.06. The van der Waals surface area contributed by atoms with Gasteiger partial charge in [0.05, 0.1) is 72.7 Å². The van der Waals surface area contributed by atoms with E-state index in [9.17, 15) is 58.2 Å². The molecule has 3 N–H and O–H groups in total. The molecule has 6 aromatic carbocycles. The van der Waals surface area contributed by atoms with Crippen LogP contribution in [0.5, 0.6) is 0 Å². The lowest BCUT2D eigenvalue weighted by Gasteiger charge is -2.33. The Morgan fingerprint density at radius 3 is 1.04 bits per heavy atom. The molecule has 0 aliphatic carbocycles. The lowest BCUT2D eigenvalue weighted by atomic mass is 9.74. The fourth-order valence-electron chi connectivity index (χ4n) is 9.82. The van der Waals surface area contributed by atoms with Crippen LogP contribution in [0.1, 0.15) is 145 Å². The average Bonchev–Trinajstić information content (AvgIpc) is 3.98. The number of carboxylic acids is 2. The molecule has 4 aliphatic rings. The number of fused-ring (bicyclic) bond motifs is 4. The molecule has 8 amide bonds. The van der Waals surface area contributed by atoms with Crippen LogP contribution in [0.4, 0.5) is 43.4 Å². The Kier molecular flexibility index (Phi) is 10.6. The highest BCUT2D eigenvalue weighted by Gasteiger charge is 2.56. The van der Waals surface area contributed by atoms with E-state index in [0.29, 0.717) is 20.3 Å². The minimum absolute atomic E-state index is 0.150. The summed E-state index contributed by atoms with van der Waals surface area (Å²) in [6.07, 6.45) is -10.3. The van der Waals surface area contributed by atoms with Gasteiger partial charge >= 0.3 is 24.3 Å². The van der Waals surface area contributed by atoms with Crippen LogP contribution in [0.3, 0.4) is 0 Å². The second-order valence-electron chi connectivity index (χ2n) is 18.3. The Hall–Kier alpha value is -9.60. The molecule has 0 radical (unpaired) electrons. The Morgan fingerprint density at radius 2 is 0.693 bits per heavy atom. The molecule has 0 bridgehead atoms. The smallest absolute Gasteiger partial charge is 0.402 e. The summed E-state index contributed by atoms with van der Waals surface area (Å²) in [5.74, 6) is -11.8. The number of nitrogens with zero attached hydrogens (tertiary/aromatic N) is 3. The number of hydrogen-bond donors (Lipinski definition) is 3. The zero-order valence-corrected chi connectivity index (χ0v) is 38.5. The molecule has 2 atom stereocenters. The molecular formula is C53H30F6N4O12. The molecule has 0 fully saturated rings. The standard InChI is InChI=1S/C53H30F6N4O12/c1-22-12-23(48(72)73)14-29(13-22)61-42(66)33-9-6-27(19-37(33)45(61)69)51(3,53(57,58)59)28-7-11-35-39(20-28)47(71)63(44(35)68)31-16-24(49(74)75)15-30(21-31)62-43(67)34-10-5-26(18-38(34)46(62)70)50(2,52(54,55)56)25-4-8-32-36(17-25)41(65)60-40(32)64/h4-21H,1-3H3,(H,72,73)(H,74,75)(H,60,64,65). The van der Waals surface area contributed by atoms with E-state index in [4.69, 9.17) is 0 Å². The first-order valence-corrected chi connectivity index (χ1v) is 22.1. The van der Waals surface area contributed by atoms with Crippen molar-refractivity contribution in [1.29, 1.82) is 0 Å². The number of hydrogen-bond acceptors (Lipinski definition) is 10. The summed E-state index contributed by atoms with van der Waals surface area (Å²) in [5, 5.41) is 21.7. The molecule has 22 heteroatoms. The molecular weight excluding hydrogens is 999 g/mol. The number of aryl methyl sites for hydroxylation is 1. The lowest BCUT2D eigenvalue weighted by molar-refractivity contribution is -0.173. The molecule has 75 heavy (non-hydrogen) atoms. The first-order valence-electron chi connectivity index (χ1n) is 22.1. The third-order valence-electron chi connectivity index (χ3n) is 14.1. The number of benzene rings is 6. The highest BCUT2D eigenvalue weighted by atomic mass is 19.4. The van der Waals surface area contributed by atoms with Crippen LogP contribution in [0.25, 0.3) is 0 Å². The molecule has 0 saturated carbocycles. The average molecular weight is 1030 g/mol. The van der Waals surface area contributed by atoms with Gasteiger partial charge in [-0.05, 0) is 134 Å². The van der Waals surface area contributed by atoms with Crippen LogP contribution in [0.2, 0.25) is 0 Å². The Labute approximate surface area is 416 Å². The summed E-state index contributed by atoms with van der Waals surface area (Å²) in [6, 6.07) is 17.0. The highest BCUT2D eigenvalue weighted by molar-refractivity contribution is 6.37. The van der Waals surface area contributed by atoms with Gasteiger partial charge in [0.1, 0.15) is 10.8 Å². The summed E-state index contributed by atoms with van der Waals surface area (Å²) in [7, 11) is 0. The number of nitrogens with one attached hydrogen (secondary N) is 1. The van der Waals surface area contributed by atoms with Gasteiger partial charge in [-0.1, -0.05) is 24.3 Å². The van der Waals surface area contributed by atoms with Gasteiger partial charge < -0.3 is 10.2 Å². The van der Waals surface area contributed by atoms with Gasteiger partial charge in [0.2, 0.25) is 0 Å². The maximum Gasteiger partial charge on any atom is 0.402 e. The van der Waals surface area contributed by atoms with Crippen molar-refractivity contribution in [1.82, 2.24) is 5.32 Å². The molecule has 0 saturated heterocycles. The Balaban J connectivity index is 0.988. The van der Waals surface area contributed by atoms with Crippen molar-refractivity contribution in [2.24, 2.45) is 0 Å². The molecule has 2 unspecified atom stereocenters. The number of anilines is 3. The Bertz CT molecular complexity index is 3770. The SMILES string of the molecule is Cc1cc(C(=O)O)cc(N2C(=O)c3ccc(C(C)(c4ccc5c(c4)C(=O)N(c4cc(C(=O)O)cc(N6C(=O)c7ccc(C(C)(c8ccc9c(c8)C(=O)NC9=O)C(F)(F)F)cc7C6=O)c4)C5=O)C(F)(F)F)cc3C2=O)c1. The van der Waals surface area contributed by atoms with Crippen LogP contribution >= 0.6 is 0 Å². The number of carbonyl (C=O) groups is 10. The minimum atomic E-state index is -5.22. The van der Waals surface area contributed by atoms with Crippen molar-refractivity contribution in [3.63, 3.8) is 0 Å². The van der Waals surface area contributed by atoms with Gasteiger partial charge in [0, 0.05) is 0 Å². The summed E-state index contributed by atoms with van der Waals surface area (Å²) in [4.78, 5) is 134. The van der Waals surface area contributed by atoms with Crippen LogP contribution in [-0.4, -0.2) is 81.8 Å². The predicted molar refractivity (Wildman–Crippen MR) is 248 cm³/mol. The highest BCUT2D eigenvalue weighted by Crippen LogP contribution is 2.50. The molecule has 376 valence electrons. The Morgan fingerprint density at radius 1 is 0.400 bits per heavy atom. The van der Waals surface area contributed by atoms with Gasteiger partial charge in [-0.25, -0.2) is 24.3 Å². The van der Waals surface area contributed by atoms with Crippen molar-refractivity contribution in [3.8, 4) is 0 Å². The number of rotatable bonds is 9. The van der Waals surface area contributed by atoms with E-state index in [1.807, 2.05) is 5.32 Å². The van der Waals surface area contributed by atoms with Crippen LogP contribution < -0.4 is 20.0 Å². The quantitative estimate of drug-likeness (QED) is 0.0915. The number of halogens is 6. The van der Waals surface area contributed by atoms with E-state index in [0.717, 1.165) is 111 Å². The van der Waals surface area contributed by atoms with E-state index in [2.05, 4.69) is 0 Å². The topological polar surface area (TPSA) is 233 Å². The third-order valence-corrected chi connectivity index (χ3v) is 14.1. The molecule has 16 nitrogen and oxygen atoms in total. The zero-order valence-electron chi connectivity index (χ0n) is 38.5. The largest absolute Gasteiger partial charge is 0.478 e. The normalized spacial score (nSPS) is 16.7. The summed E-state index contributed by atoms with van der Waals surface area (Å²) in [6.45, 7) is 2.98. The van der Waals surface area contributed by atoms with Crippen molar-refractivity contribution in [2.75, 3.05) is 14.7 Å². The predicted octanol–water partition coefficient (Wildman–Crippen LogP) is 8.41. The lowest BCUT2D eigenvalue weighted by Crippen LogP contribution is -2.41. The fraction of sp³-hybridized carbons (Fsp3) is 0.132. The van der Waals surface area contributed by atoms with E-state index >= 15 is 26.3 Å². The molecule has 4 heterocycles. The number of carbonyl (C=O) groups excluding carboxylic acids is 8. The van der Waals surface area contributed by atoms with Crippen LogP contribution in [0, 0.1) is 6.92 Å². The van der Waals surface area contributed by atoms with Gasteiger partial charge in [-0.3, -0.25) is 43.7 Å². The van der Waals surface area contributed by atoms with Gasteiger partial charge in [0.15, 0.2) is 0 Å². The first-order chi connectivity index (χ1) is 35.1. The number of imide groups is 4. The number of alkyl halides is 6. The van der Waals surface area contributed by atoms with E-state index in [-0.39, 0.29) is 27.9 Å². The van der Waals surface area contributed by atoms with Crippen molar-refractivity contribution in [2.45, 2.75) is 44.0 Å². The number of carboxylic acid groups (broad SMARTS) is 2. The van der Waals surface area contributed by atoms with Crippen molar-refractivity contribution in [3.05, 3.63) is 193 Å². The van der Waals surface area contributed by atoms with Crippen molar-refractivity contribution < 1.29 is 84.5 Å². The summed E-state index contributed by atoms with van der Waals surface area (Å²) >= 11 is 0. The number of aromatic carboxylic acids is 2. The monoisotopic (exact) mass is 1030 g/mol. The zero-order chi connectivity index (χ0) is 54.3. The van der Waals surface area contributed by atoms with E-state index < -0.39 is 149 Å². The molecule has 6 aromatic rings. The van der Waals surface area contributed by atoms with Crippen LogP contribution in [0.15, 0.2) is 109 Å². The summed E-state index contributed by atoms with van der Waals surface area (Å²) in [5.41, 5.74) is -13.7. The maximum absolute atomic E-state index is 15.6. The fourth-order valence-corrected chi connectivity index (χ4v) is 9.82. The maximum atomic E-state index is 15.6.